The number of hydrogen-bond donors (Lipinski definition) is 2. The summed E-state index contributed by atoms with van der Waals surface area (Å²) in [7, 11) is 0. The van der Waals surface area contributed by atoms with Crippen molar-refractivity contribution in [2.45, 2.75) is 59.3 Å². The highest BCUT2D eigenvalue weighted by atomic mass is 19.1. The summed E-state index contributed by atoms with van der Waals surface area (Å²) in [5, 5.41) is 2.70. The first-order valence-electron chi connectivity index (χ1n) is 11.7. The van der Waals surface area contributed by atoms with Gasteiger partial charge in [0.1, 0.15) is 11.2 Å². The number of aromatic nitrogens is 4. The summed E-state index contributed by atoms with van der Waals surface area (Å²) in [5.74, 6) is 0.895. The SMILES string of the molecule is C/C=C\C(=C/C)c1nc(N)c2ncn(CCCCOC(=O)NCc3cccc(C(C)(C)F)c3)c2n1. The van der Waals surface area contributed by atoms with Crippen LogP contribution in [-0.2, 0) is 23.5 Å². The topological polar surface area (TPSA) is 108 Å². The third-order valence-electron chi connectivity index (χ3n) is 5.48. The van der Waals surface area contributed by atoms with E-state index in [1.165, 1.54) is 13.8 Å². The molecule has 1 aromatic carbocycles. The highest BCUT2D eigenvalue weighted by Gasteiger charge is 2.18. The van der Waals surface area contributed by atoms with Crippen LogP contribution in [0.4, 0.5) is 15.0 Å². The van der Waals surface area contributed by atoms with Crippen LogP contribution in [0.1, 0.15) is 57.5 Å². The molecule has 0 spiro atoms. The van der Waals surface area contributed by atoms with Gasteiger partial charge < -0.3 is 20.4 Å². The smallest absolute Gasteiger partial charge is 0.407 e. The second-order valence-electron chi connectivity index (χ2n) is 8.66. The van der Waals surface area contributed by atoms with E-state index in [-0.39, 0.29) is 13.2 Å². The summed E-state index contributed by atoms with van der Waals surface area (Å²) in [5.41, 5.74) is 8.18. The van der Waals surface area contributed by atoms with Gasteiger partial charge in [-0.05, 0) is 51.7 Å². The van der Waals surface area contributed by atoms with Crippen molar-refractivity contribution in [3.63, 3.8) is 0 Å². The molecule has 8 nitrogen and oxygen atoms in total. The Kier molecular flexibility index (Phi) is 8.57. The molecule has 0 saturated heterocycles. The summed E-state index contributed by atoms with van der Waals surface area (Å²) in [6.07, 6.45) is 8.42. The third kappa shape index (κ3) is 6.88. The van der Waals surface area contributed by atoms with Crippen LogP contribution >= 0.6 is 0 Å². The molecule has 3 rings (SSSR count). The Morgan fingerprint density at radius 3 is 2.77 bits per heavy atom. The summed E-state index contributed by atoms with van der Waals surface area (Å²) < 4.78 is 21.3. The predicted molar refractivity (Wildman–Crippen MR) is 136 cm³/mol. The minimum atomic E-state index is -1.43. The first kappa shape index (κ1) is 25.9. The van der Waals surface area contributed by atoms with Crippen LogP contribution in [0.25, 0.3) is 16.7 Å². The number of allylic oxidation sites excluding steroid dienone is 4. The van der Waals surface area contributed by atoms with Crippen LogP contribution in [0.2, 0.25) is 0 Å². The Morgan fingerprint density at radius 2 is 2.06 bits per heavy atom. The molecule has 0 fully saturated rings. The number of hydrogen-bond acceptors (Lipinski definition) is 6. The zero-order valence-corrected chi connectivity index (χ0v) is 20.7. The lowest BCUT2D eigenvalue weighted by molar-refractivity contribution is 0.143. The maximum absolute atomic E-state index is 14.1. The number of ether oxygens (including phenoxy) is 1. The number of benzene rings is 1. The Labute approximate surface area is 205 Å². The summed E-state index contributed by atoms with van der Waals surface area (Å²) in [6.45, 7) is 8.07. The van der Waals surface area contributed by atoms with Crippen LogP contribution in [0.5, 0.6) is 0 Å². The molecular formula is C26H33FN6O2. The van der Waals surface area contributed by atoms with Crippen molar-refractivity contribution in [2.24, 2.45) is 0 Å². The zero-order chi connectivity index (χ0) is 25.4. The molecule has 0 aliphatic heterocycles. The number of fused-ring (bicyclic) bond motifs is 1. The van der Waals surface area contributed by atoms with E-state index in [4.69, 9.17) is 10.5 Å². The van der Waals surface area contributed by atoms with Crippen LogP contribution in [0.3, 0.4) is 0 Å². The Morgan fingerprint density at radius 1 is 1.26 bits per heavy atom. The number of alkyl carbamates (subject to hydrolysis) is 1. The normalized spacial score (nSPS) is 12.4. The fraction of sp³-hybridized carbons (Fsp3) is 0.385. The standard InChI is InChI=1S/C26H33FN6O2/c1-5-10-19(6-2)23-31-22(28)21-24(32-23)33(17-30-21)13-7-8-14-35-25(34)29-16-18-11-9-12-20(15-18)26(3,4)27/h5-6,9-12,15,17H,7-8,13-14,16H2,1-4H3,(H,29,34)(H2,28,31,32)/b10-5-,19-6+. The van der Waals surface area contributed by atoms with E-state index >= 15 is 0 Å². The maximum Gasteiger partial charge on any atom is 0.407 e. The second kappa shape index (κ2) is 11.6. The molecule has 2 aromatic heterocycles. The molecule has 0 aliphatic carbocycles. The van der Waals surface area contributed by atoms with Crippen LogP contribution in [0, 0.1) is 0 Å². The number of nitrogen functional groups attached to an aromatic ring is 1. The molecule has 3 aromatic rings. The first-order valence-corrected chi connectivity index (χ1v) is 11.7. The van der Waals surface area contributed by atoms with E-state index in [2.05, 4.69) is 20.3 Å². The van der Waals surface area contributed by atoms with E-state index < -0.39 is 11.8 Å². The number of nitrogens with zero attached hydrogens (tertiary/aromatic N) is 4. The van der Waals surface area contributed by atoms with Gasteiger partial charge in [0.25, 0.3) is 0 Å². The third-order valence-corrected chi connectivity index (χ3v) is 5.48. The van der Waals surface area contributed by atoms with E-state index in [9.17, 15) is 9.18 Å². The van der Waals surface area contributed by atoms with Gasteiger partial charge in [-0.3, -0.25) is 0 Å². The van der Waals surface area contributed by atoms with Gasteiger partial charge in [0, 0.05) is 18.7 Å². The molecule has 9 heteroatoms. The summed E-state index contributed by atoms with van der Waals surface area (Å²) >= 11 is 0. The average molecular weight is 481 g/mol. The van der Waals surface area contributed by atoms with Crippen molar-refractivity contribution in [1.82, 2.24) is 24.8 Å². The quantitative estimate of drug-likeness (QED) is 0.301. The van der Waals surface area contributed by atoms with Crippen LogP contribution < -0.4 is 11.1 Å². The highest BCUT2D eigenvalue weighted by molar-refractivity contribution is 5.84. The Balaban J connectivity index is 1.48. The number of alkyl halides is 1. The Hall–Kier alpha value is -3.75. The molecule has 186 valence electrons. The van der Waals surface area contributed by atoms with Gasteiger partial charge in [0.05, 0.1) is 12.9 Å². The van der Waals surface area contributed by atoms with Crippen molar-refractivity contribution in [1.29, 1.82) is 0 Å². The van der Waals surface area contributed by atoms with Gasteiger partial charge in [-0.2, -0.15) is 0 Å². The largest absolute Gasteiger partial charge is 0.450 e. The van der Waals surface area contributed by atoms with Crippen molar-refractivity contribution in [2.75, 3.05) is 12.3 Å². The number of nitrogens with two attached hydrogens (primary N) is 1. The number of unbranched alkanes of at least 4 members (excludes halogenated alkanes) is 1. The van der Waals surface area contributed by atoms with Gasteiger partial charge in [0.2, 0.25) is 0 Å². The molecule has 0 unspecified atom stereocenters. The minimum absolute atomic E-state index is 0.272. The van der Waals surface area contributed by atoms with Gasteiger partial charge in [-0.1, -0.05) is 42.5 Å². The van der Waals surface area contributed by atoms with Crippen LogP contribution in [-0.4, -0.2) is 32.2 Å². The van der Waals surface area contributed by atoms with Crippen molar-refractivity contribution >= 4 is 28.6 Å². The minimum Gasteiger partial charge on any atom is -0.450 e. The number of halogens is 1. The molecular weight excluding hydrogens is 447 g/mol. The molecule has 2 heterocycles. The fourth-order valence-electron chi connectivity index (χ4n) is 3.56. The monoisotopic (exact) mass is 480 g/mol. The Bertz CT molecular complexity index is 1230. The van der Waals surface area contributed by atoms with E-state index in [0.717, 1.165) is 17.6 Å². The first-order chi connectivity index (χ1) is 16.7. The lowest BCUT2D eigenvalue weighted by Gasteiger charge is -2.15. The summed E-state index contributed by atoms with van der Waals surface area (Å²) in [4.78, 5) is 25.4. The number of amides is 1. The molecule has 0 saturated carbocycles. The number of imidazole rings is 1. The maximum atomic E-state index is 14.1. The number of anilines is 1. The number of nitrogens with one attached hydrogen (secondary N) is 1. The molecule has 0 atom stereocenters. The van der Waals surface area contributed by atoms with Crippen molar-refractivity contribution in [3.05, 3.63) is 65.8 Å². The molecule has 3 N–H and O–H groups in total. The van der Waals surface area contributed by atoms with Crippen LogP contribution in [0.15, 0.2) is 48.8 Å². The number of rotatable bonds is 10. The van der Waals surface area contributed by atoms with Crippen molar-refractivity contribution < 1.29 is 13.9 Å². The number of carbonyl (C=O) groups is 1. The molecule has 0 aliphatic rings. The van der Waals surface area contributed by atoms with Gasteiger partial charge in [0.15, 0.2) is 17.3 Å². The summed E-state index contributed by atoms with van der Waals surface area (Å²) in [6, 6.07) is 7.09. The van der Waals surface area contributed by atoms with E-state index in [1.807, 2.05) is 42.7 Å². The van der Waals surface area contributed by atoms with Gasteiger partial charge in [-0.25, -0.2) is 24.1 Å². The molecule has 0 radical (unpaired) electrons. The number of carbonyl (C=O) groups excluding carboxylic acids is 1. The molecule has 35 heavy (non-hydrogen) atoms. The highest BCUT2D eigenvalue weighted by Crippen LogP contribution is 2.25. The number of aryl methyl sites for hydroxylation is 1. The van der Waals surface area contributed by atoms with E-state index in [0.29, 0.717) is 41.3 Å². The second-order valence-corrected chi connectivity index (χ2v) is 8.66. The molecule has 1 amide bonds. The lowest BCUT2D eigenvalue weighted by atomic mass is 9.98. The van der Waals surface area contributed by atoms with Gasteiger partial charge in [-0.15, -0.1) is 0 Å². The lowest BCUT2D eigenvalue weighted by Crippen LogP contribution is -2.24. The van der Waals surface area contributed by atoms with Crippen molar-refractivity contribution in [3.8, 4) is 0 Å². The fourth-order valence-corrected chi connectivity index (χ4v) is 3.56. The predicted octanol–water partition coefficient (Wildman–Crippen LogP) is 5.30. The zero-order valence-electron chi connectivity index (χ0n) is 20.7. The van der Waals surface area contributed by atoms with Gasteiger partial charge >= 0.3 is 6.09 Å². The average Bonchev–Trinajstić information content (AvgIpc) is 3.24. The van der Waals surface area contributed by atoms with E-state index in [1.54, 1.807) is 24.5 Å². The molecule has 0 bridgehead atoms.